The Balaban J connectivity index is 2.41. The predicted molar refractivity (Wildman–Crippen MR) is 56.9 cm³/mol. The second-order valence-electron chi connectivity index (χ2n) is 4.12. The molecule has 1 atom stereocenters. The number of rotatable bonds is 5. The molecule has 16 heavy (non-hydrogen) atoms. The first-order valence-electron chi connectivity index (χ1n) is 5.28. The molecule has 0 saturated carbocycles. The highest BCUT2D eigenvalue weighted by molar-refractivity contribution is 5.83. The molecule has 0 radical (unpaired) electrons. The topological polar surface area (TPSA) is 92.9 Å². The second kappa shape index (κ2) is 5.27. The van der Waals surface area contributed by atoms with E-state index in [2.05, 4.69) is 0 Å². The van der Waals surface area contributed by atoms with E-state index < -0.39 is 11.5 Å². The number of carbonyl (C=O) groups is 2. The van der Waals surface area contributed by atoms with Crippen LogP contribution in [0.5, 0.6) is 0 Å². The summed E-state index contributed by atoms with van der Waals surface area (Å²) in [5.74, 6) is -1.09. The molecule has 1 rings (SSSR count). The molecular weight excluding hydrogens is 212 g/mol. The predicted octanol–water partition coefficient (Wildman–Crippen LogP) is -0.573. The summed E-state index contributed by atoms with van der Waals surface area (Å²) in [7, 11) is 1.58. The van der Waals surface area contributed by atoms with Gasteiger partial charge in [-0.3, -0.25) is 9.59 Å². The van der Waals surface area contributed by atoms with E-state index in [1.165, 1.54) is 4.90 Å². The number of aliphatic carboxylic acids is 1. The van der Waals surface area contributed by atoms with Gasteiger partial charge >= 0.3 is 5.97 Å². The van der Waals surface area contributed by atoms with E-state index in [4.69, 9.17) is 15.6 Å². The number of hydrogen-bond acceptors (Lipinski definition) is 4. The molecule has 1 amide bonds. The van der Waals surface area contributed by atoms with Gasteiger partial charge in [-0.15, -0.1) is 0 Å². The van der Waals surface area contributed by atoms with Crippen molar-refractivity contribution < 1.29 is 19.4 Å². The third kappa shape index (κ3) is 2.93. The maximum absolute atomic E-state index is 11.7. The average molecular weight is 230 g/mol. The van der Waals surface area contributed by atoms with Gasteiger partial charge in [-0.05, 0) is 12.8 Å². The van der Waals surface area contributed by atoms with Crippen LogP contribution in [0.2, 0.25) is 0 Å². The Hall–Kier alpha value is -1.14. The van der Waals surface area contributed by atoms with Crippen LogP contribution in [-0.2, 0) is 14.3 Å². The van der Waals surface area contributed by atoms with Crippen molar-refractivity contribution in [1.82, 2.24) is 4.90 Å². The third-order valence-corrected chi connectivity index (χ3v) is 2.82. The highest BCUT2D eigenvalue weighted by Crippen LogP contribution is 2.19. The summed E-state index contributed by atoms with van der Waals surface area (Å²) in [6.07, 6.45) is 1.35. The monoisotopic (exact) mass is 230 g/mol. The Morgan fingerprint density at radius 2 is 2.25 bits per heavy atom. The summed E-state index contributed by atoms with van der Waals surface area (Å²) in [6, 6.07) is 0. The fraction of sp³-hybridized carbons (Fsp3) is 0.800. The van der Waals surface area contributed by atoms with E-state index in [9.17, 15) is 9.59 Å². The largest absolute Gasteiger partial charge is 0.480 e. The molecule has 1 heterocycles. The zero-order valence-electron chi connectivity index (χ0n) is 9.44. The molecule has 1 aliphatic rings. The van der Waals surface area contributed by atoms with Gasteiger partial charge in [-0.25, -0.2) is 0 Å². The molecular formula is C10H18N2O4. The molecule has 92 valence electrons. The van der Waals surface area contributed by atoms with Crippen LogP contribution in [0.25, 0.3) is 0 Å². The first kappa shape index (κ1) is 12.9. The Bertz CT molecular complexity index is 282. The molecule has 1 fully saturated rings. The van der Waals surface area contributed by atoms with Crippen LogP contribution in [0.4, 0.5) is 0 Å². The molecule has 1 unspecified atom stereocenters. The summed E-state index contributed by atoms with van der Waals surface area (Å²) >= 11 is 0. The number of nitrogens with zero attached hydrogens (tertiary/aromatic N) is 1. The van der Waals surface area contributed by atoms with Crippen molar-refractivity contribution in [3.05, 3.63) is 0 Å². The first-order chi connectivity index (χ1) is 7.49. The lowest BCUT2D eigenvalue weighted by molar-refractivity contribution is -0.143. The fourth-order valence-electron chi connectivity index (χ4n) is 1.75. The third-order valence-electron chi connectivity index (χ3n) is 2.82. The molecule has 0 aromatic rings. The van der Waals surface area contributed by atoms with E-state index in [0.29, 0.717) is 32.4 Å². The van der Waals surface area contributed by atoms with E-state index >= 15 is 0 Å². The van der Waals surface area contributed by atoms with E-state index in [1.54, 1.807) is 7.11 Å². The minimum atomic E-state index is -1.27. The average Bonchev–Trinajstić information content (AvgIpc) is 2.63. The SMILES string of the molecule is COCCCC(=O)N1CCC(N)(C(=O)O)C1. The molecule has 0 aromatic carbocycles. The smallest absolute Gasteiger partial charge is 0.325 e. The number of carboxylic acids is 1. The maximum Gasteiger partial charge on any atom is 0.325 e. The van der Waals surface area contributed by atoms with Crippen molar-refractivity contribution in [3.63, 3.8) is 0 Å². The van der Waals surface area contributed by atoms with Crippen molar-refractivity contribution in [2.45, 2.75) is 24.8 Å². The van der Waals surface area contributed by atoms with Crippen molar-refractivity contribution >= 4 is 11.9 Å². The number of methoxy groups -OCH3 is 1. The van der Waals surface area contributed by atoms with Crippen molar-refractivity contribution in [2.75, 3.05) is 26.8 Å². The number of carbonyl (C=O) groups excluding carboxylic acids is 1. The number of nitrogens with two attached hydrogens (primary N) is 1. The molecule has 0 bridgehead atoms. The number of likely N-dealkylation sites (tertiary alicyclic amines) is 1. The van der Waals surface area contributed by atoms with Gasteiger partial charge in [0.2, 0.25) is 5.91 Å². The Morgan fingerprint density at radius 1 is 1.56 bits per heavy atom. The van der Waals surface area contributed by atoms with Crippen molar-refractivity contribution in [2.24, 2.45) is 5.73 Å². The van der Waals surface area contributed by atoms with Gasteiger partial charge in [-0.1, -0.05) is 0 Å². The maximum atomic E-state index is 11.7. The van der Waals surface area contributed by atoms with Crippen LogP contribution < -0.4 is 5.73 Å². The first-order valence-corrected chi connectivity index (χ1v) is 5.28. The summed E-state index contributed by atoms with van der Waals surface area (Å²) in [6.45, 7) is 1.06. The molecule has 1 saturated heterocycles. The summed E-state index contributed by atoms with van der Waals surface area (Å²) in [5, 5.41) is 8.90. The van der Waals surface area contributed by atoms with E-state index in [1.807, 2.05) is 0 Å². The number of carboxylic acid groups (broad SMARTS) is 1. The minimum Gasteiger partial charge on any atom is -0.480 e. The van der Waals surface area contributed by atoms with Gasteiger partial charge in [0.15, 0.2) is 0 Å². The van der Waals surface area contributed by atoms with E-state index in [0.717, 1.165) is 0 Å². The fourth-order valence-corrected chi connectivity index (χ4v) is 1.75. The molecule has 0 aliphatic carbocycles. The molecule has 0 spiro atoms. The number of ether oxygens (including phenoxy) is 1. The van der Waals surface area contributed by atoms with Gasteiger partial charge in [0.25, 0.3) is 0 Å². The van der Waals surface area contributed by atoms with Crippen LogP contribution in [0.15, 0.2) is 0 Å². The summed E-state index contributed by atoms with van der Waals surface area (Å²) < 4.78 is 4.84. The van der Waals surface area contributed by atoms with Crippen LogP contribution in [0.3, 0.4) is 0 Å². The van der Waals surface area contributed by atoms with Gasteiger partial charge in [-0.2, -0.15) is 0 Å². The molecule has 6 heteroatoms. The highest BCUT2D eigenvalue weighted by Gasteiger charge is 2.42. The molecule has 0 aromatic heterocycles. The van der Waals surface area contributed by atoms with Crippen LogP contribution >= 0.6 is 0 Å². The zero-order chi connectivity index (χ0) is 12.2. The summed E-state index contributed by atoms with van der Waals surface area (Å²) in [5.41, 5.74) is 4.40. The Labute approximate surface area is 94.3 Å². The quantitative estimate of drug-likeness (QED) is 0.617. The molecule has 3 N–H and O–H groups in total. The minimum absolute atomic E-state index is 0.0503. The van der Waals surface area contributed by atoms with Gasteiger partial charge in [0, 0.05) is 33.2 Å². The lowest BCUT2D eigenvalue weighted by atomic mass is 10.0. The summed E-state index contributed by atoms with van der Waals surface area (Å²) in [4.78, 5) is 24.0. The number of hydrogen-bond donors (Lipinski definition) is 2. The van der Waals surface area contributed by atoms with E-state index in [-0.39, 0.29) is 12.5 Å². The Kier molecular flexibility index (Phi) is 4.26. The van der Waals surface area contributed by atoms with Crippen LogP contribution in [0, 0.1) is 0 Å². The number of amides is 1. The second-order valence-corrected chi connectivity index (χ2v) is 4.12. The van der Waals surface area contributed by atoms with Gasteiger partial charge < -0.3 is 20.5 Å². The molecule has 1 aliphatic heterocycles. The normalized spacial score (nSPS) is 24.8. The van der Waals surface area contributed by atoms with Crippen molar-refractivity contribution in [3.8, 4) is 0 Å². The van der Waals surface area contributed by atoms with Gasteiger partial charge in [0.05, 0.1) is 0 Å². The van der Waals surface area contributed by atoms with Gasteiger partial charge in [0.1, 0.15) is 5.54 Å². The lowest BCUT2D eigenvalue weighted by Crippen LogP contribution is -2.50. The molecule has 6 nitrogen and oxygen atoms in total. The lowest BCUT2D eigenvalue weighted by Gasteiger charge is -2.20. The van der Waals surface area contributed by atoms with Crippen LogP contribution in [0.1, 0.15) is 19.3 Å². The van der Waals surface area contributed by atoms with Crippen LogP contribution in [-0.4, -0.2) is 54.2 Å². The standard InChI is InChI=1S/C10H18N2O4/c1-16-6-2-3-8(13)12-5-4-10(11,7-12)9(14)15/h2-7,11H2,1H3,(H,14,15). The Morgan fingerprint density at radius 3 is 2.75 bits per heavy atom. The van der Waals surface area contributed by atoms with Crippen molar-refractivity contribution in [1.29, 1.82) is 0 Å². The zero-order valence-corrected chi connectivity index (χ0v) is 9.44. The highest BCUT2D eigenvalue weighted by atomic mass is 16.5.